The number of imidazole rings is 1. The summed E-state index contributed by atoms with van der Waals surface area (Å²) in [6.07, 6.45) is 5.70. The van der Waals surface area contributed by atoms with Gasteiger partial charge in [-0.2, -0.15) is 0 Å². The van der Waals surface area contributed by atoms with E-state index < -0.39 is 0 Å². The molecular formula is C14H22BrN3S. The fourth-order valence-electron chi connectivity index (χ4n) is 2.26. The molecule has 0 fully saturated rings. The van der Waals surface area contributed by atoms with Crippen LogP contribution in [0.4, 0.5) is 5.82 Å². The molecule has 2 aromatic heterocycles. The van der Waals surface area contributed by atoms with Crippen LogP contribution >= 0.6 is 27.3 Å². The molecule has 2 aromatic rings. The van der Waals surface area contributed by atoms with E-state index in [0.29, 0.717) is 6.04 Å². The van der Waals surface area contributed by atoms with Gasteiger partial charge in [0.2, 0.25) is 0 Å². The number of unbranched alkanes of at least 4 members (excludes halogenated alkanes) is 1. The van der Waals surface area contributed by atoms with Crippen LogP contribution in [0.1, 0.15) is 45.7 Å². The second kappa shape index (κ2) is 6.75. The fraction of sp³-hybridized carbons (Fsp3) is 0.643. The second-order valence-corrected chi connectivity index (χ2v) is 6.31. The maximum atomic E-state index is 4.84. The van der Waals surface area contributed by atoms with Crippen molar-refractivity contribution in [1.29, 1.82) is 0 Å². The van der Waals surface area contributed by atoms with E-state index in [1.165, 1.54) is 18.5 Å². The van der Waals surface area contributed by atoms with Crippen LogP contribution in [0.3, 0.4) is 0 Å². The average molecular weight is 344 g/mol. The lowest BCUT2D eigenvalue weighted by molar-refractivity contribution is 0.589. The Morgan fingerprint density at radius 1 is 1.47 bits per heavy atom. The van der Waals surface area contributed by atoms with E-state index in [2.05, 4.69) is 57.6 Å². The van der Waals surface area contributed by atoms with E-state index >= 15 is 0 Å². The molecule has 0 saturated heterocycles. The van der Waals surface area contributed by atoms with Gasteiger partial charge in [-0.05, 0) is 19.8 Å². The molecule has 0 spiro atoms. The van der Waals surface area contributed by atoms with E-state index in [1.54, 1.807) is 11.3 Å². The van der Waals surface area contributed by atoms with E-state index in [-0.39, 0.29) is 0 Å². The summed E-state index contributed by atoms with van der Waals surface area (Å²) >= 11 is 5.32. The summed E-state index contributed by atoms with van der Waals surface area (Å²) in [5.74, 6) is 1.16. The van der Waals surface area contributed by atoms with Crippen molar-refractivity contribution in [2.75, 3.05) is 11.4 Å². The zero-order valence-corrected chi connectivity index (χ0v) is 14.3. The lowest BCUT2D eigenvalue weighted by Crippen LogP contribution is -2.34. The van der Waals surface area contributed by atoms with Gasteiger partial charge in [0, 0.05) is 29.5 Å². The smallest absolute Gasteiger partial charge is 0.195 e. The van der Waals surface area contributed by atoms with Crippen LogP contribution in [0, 0.1) is 0 Å². The molecule has 2 heterocycles. The number of halogens is 1. The number of hydrogen-bond donors (Lipinski definition) is 0. The van der Waals surface area contributed by atoms with Crippen LogP contribution in [0.15, 0.2) is 11.6 Å². The molecule has 106 valence electrons. The number of anilines is 1. The van der Waals surface area contributed by atoms with Gasteiger partial charge in [-0.25, -0.2) is 4.98 Å². The summed E-state index contributed by atoms with van der Waals surface area (Å²) in [4.78, 5) is 8.41. The lowest BCUT2D eigenvalue weighted by Gasteiger charge is -2.29. The molecule has 0 aliphatic carbocycles. The summed E-state index contributed by atoms with van der Waals surface area (Å²) in [5, 5.41) is 2.94. The van der Waals surface area contributed by atoms with Crippen molar-refractivity contribution in [3.63, 3.8) is 0 Å². The Kier molecular flexibility index (Phi) is 5.28. The summed E-state index contributed by atoms with van der Waals surface area (Å²) in [6.45, 7) is 7.87. The van der Waals surface area contributed by atoms with Gasteiger partial charge in [0.05, 0.1) is 5.69 Å². The average Bonchev–Trinajstić information content (AvgIpc) is 2.99. The van der Waals surface area contributed by atoms with Crippen LogP contribution in [-0.2, 0) is 5.33 Å². The third kappa shape index (κ3) is 2.97. The van der Waals surface area contributed by atoms with Crippen molar-refractivity contribution < 1.29 is 0 Å². The number of aromatic nitrogens is 2. The monoisotopic (exact) mass is 343 g/mol. The Balaban J connectivity index is 2.39. The van der Waals surface area contributed by atoms with E-state index in [0.717, 1.165) is 29.1 Å². The van der Waals surface area contributed by atoms with Gasteiger partial charge in [-0.15, -0.1) is 11.3 Å². The molecule has 5 heteroatoms. The van der Waals surface area contributed by atoms with Crippen LogP contribution in [0.2, 0.25) is 0 Å². The Morgan fingerprint density at radius 3 is 2.89 bits per heavy atom. The first kappa shape index (κ1) is 14.9. The third-order valence-corrected chi connectivity index (χ3v) is 4.90. The SMILES string of the molecule is CCCCN(c1nc2sccn2c1CBr)C(C)CC. The minimum Gasteiger partial charge on any atom is -0.352 e. The highest BCUT2D eigenvalue weighted by Crippen LogP contribution is 2.28. The lowest BCUT2D eigenvalue weighted by atomic mass is 10.2. The molecule has 1 unspecified atom stereocenters. The fourth-order valence-corrected chi connectivity index (χ4v) is 3.51. The number of alkyl halides is 1. The van der Waals surface area contributed by atoms with Crippen LogP contribution in [-0.4, -0.2) is 22.0 Å². The minimum atomic E-state index is 0.536. The molecule has 0 aliphatic heterocycles. The number of thiazole rings is 1. The Morgan fingerprint density at radius 2 is 2.26 bits per heavy atom. The quantitative estimate of drug-likeness (QED) is 0.679. The van der Waals surface area contributed by atoms with Crippen molar-refractivity contribution in [2.45, 2.75) is 51.4 Å². The maximum Gasteiger partial charge on any atom is 0.195 e. The van der Waals surface area contributed by atoms with E-state index in [9.17, 15) is 0 Å². The summed E-state index contributed by atoms with van der Waals surface area (Å²) in [6, 6.07) is 0.536. The number of hydrogen-bond acceptors (Lipinski definition) is 3. The molecule has 0 aromatic carbocycles. The molecule has 2 rings (SSSR count). The van der Waals surface area contributed by atoms with Crippen LogP contribution in [0.25, 0.3) is 4.96 Å². The molecule has 0 saturated carbocycles. The Hall–Kier alpha value is -0.550. The number of fused-ring (bicyclic) bond motifs is 1. The maximum absolute atomic E-state index is 4.84. The zero-order valence-electron chi connectivity index (χ0n) is 11.9. The highest BCUT2D eigenvalue weighted by atomic mass is 79.9. The molecule has 0 radical (unpaired) electrons. The number of nitrogens with zero attached hydrogens (tertiary/aromatic N) is 3. The summed E-state index contributed by atoms with van der Waals surface area (Å²) in [5.41, 5.74) is 1.27. The molecular weight excluding hydrogens is 322 g/mol. The molecule has 3 nitrogen and oxygen atoms in total. The second-order valence-electron chi connectivity index (χ2n) is 4.88. The molecule has 0 amide bonds. The molecule has 19 heavy (non-hydrogen) atoms. The first-order valence-electron chi connectivity index (χ1n) is 6.99. The predicted octanol–water partition coefficient (Wildman–Crippen LogP) is 4.70. The first-order chi connectivity index (χ1) is 9.22. The first-order valence-corrected chi connectivity index (χ1v) is 9.00. The van der Waals surface area contributed by atoms with E-state index in [4.69, 9.17) is 4.98 Å². The van der Waals surface area contributed by atoms with Gasteiger partial charge in [0.1, 0.15) is 0 Å². The predicted molar refractivity (Wildman–Crippen MR) is 87.7 cm³/mol. The van der Waals surface area contributed by atoms with Crippen molar-refractivity contribution in [1.82, 2.24) is 9.38 Å². The van der Waals surface area contributed by atoms with Gasteiger partial charge in [-0.3, -0.25) is 4.40 Å². The van der Waals surface area contributed by atoms with Crippen molar-refractivity contribution >= 4 is 38.0 Å². The standard InChI is InChI=1S/C14H22BrN3S/c1-4-6-7-17(11(3)5-2)13-12(10-15)18-8-9-19-14(18)16-13/h8-9,11H,4-7,10H2,1-3H3. The van der Waals surface area contributed by atoms with Crippen molar-refractivity contribution in [2.24, 2.45) is 0 Å². The van der Waals surface area contributed by atoms with Crippen molar-refractivity contribution in [3.8, 4) is 0 Å². The van der Waals surface area contributed by atoms with Crippen LogP contribution < -0.4 is 4.90 Å². The normalized spacial score (nSPS) is 13.1. The highest BCUT2D eigenvalue weighted by molar-refractivity contribution is 9.08. The Labute approximate surface area is 127 Å². The van der Waals surface area contributed by atoms with Gasteiger partial charge >= 0.3 is 0 Å². The van der Waals surface area contributed by atoms with E-state index in [1.807, 2.05) is 0 Å². The molecule has 1 atom stereocenters. The summed E-state index contributed by atoms with van der Waals surface area (Å²) in [7, 11) is 0. The minimum absolute atomic E-state index is 0.536. The van der Waals surface area contributed by atoms with Crippen molar-refractivity contribution in [3.05, 3.63) is 17.3 Å². The summed E-state index contributed by atoms with van der Waals surface area (Å²) < 4.78 is 2.20. The van der Waals surface area contributed by atoms with Gasteiger partial charge < -0.3 is 4.90 Å². The molecule has 0 aliphatic rings. The largest absolute Gasteiger partial charge is 0.352 e. The van der Waals surface area contributed by atoms with Gasteiger partial charge in [0.15, 0.2) is 10.8 Å². The Bertz CT molecular complexity index is 520. The van der Waals surface area contributed by atoms with Gasteiger partial charge in [-0.1, -0.05) is 36.2 Å². The topological polar surface area (TPSA) is 20.5 Å². The zero-order chi connectivity index (χ0) is 13.8. The van der Waals surface area contributed by atoms with Crippen LogP contribution in [0.5, 0.6) is 0 Å². The van der Waals surface area contributed by atoms with Gasteiger partial charge in [0.25, 0.3) is 0 Å². The number of rotatable bonds is 7. The third-order valence-electron chi connectivity index (χ3n) is 3.61. The molecule has 0 bridgehead atoms. The molecule has 0 N–H and O–H groups in total. The highest BCUT2D eigenvalue weighted by Gasteiger charge is 2.21.